The summed E-state index contributed by atoms with van der Waals surface area (Å²) in [5.41, 5.74) is 2.57. The molecule has 1 fully saturated rings. The number of amides is 2. The van der Waals surface area contributed by atoms with Crippen LogP contribution in [0.3, 0.4) is 0 Å². The fourth-order valence-corrected chi connectivity index (χ4v) is 4.10. The van der Waals surface area contributed by atoms with Crippen molar-refractivity contribution >= 4 is 22.5 Å². The lowest BCUT2D eigenvalue weighted by molar-refractivity contribution is -0.0135. The first-order chi connectivity index (χ1) is 14.1. The van der Waals surface area contributed by atoms with Crippen LogP contribution in [0.1, 0.15) is 27.7 Å². The Morgan fingerprint density at radius 3 is 2.93 bits per heavy atom. The lowest BCUT2D eigenvalue weighted by Gasteiger charge is -2.32. The fourth-order valence-electron chi connectivity index (χ4n) is 3.27. The first kappa shape index (κ1) is 19.5. The molecule has 1 saturated heterocycles. The van der Waals surface area contributed by atoms with E-state index in [1.165, 1.54) is 11.3 Å². The number of anilines is 1. The molecule has 0 saturated carbocycles. The van der Waals surface area contributed by atoms with Gasteiger partial charge in [-0.05, 0) is 29.7 Å². The summed E-state index contributed by atoms with van der Waals surface area (Å²) in [7, 11) is 0. The number of hydrogen-bond acceptors (Lipinski definition) is 4. The summed E-state index contributed by atoms with van der Waals surface area (Å²) in [6.45, 7) is 3.27. The monoisotopic (exact) mass is 411 g/mol. The van der Waals surface area contributed by atoms with Crippen LogP contribution in [-0.2, 0) is 11.2 Å². The zero-order valence-electron chi connectivity index (χ0n) is 16.1. The molecule has 2 aromatic carbocycles. The Morgan fingerprint density at radius 2 is 2.14 bits per heavy atom. The topological polar surface area (TPSA) is 54.5 Å². The molecule has 1 aliphatic heterocycles. The average molecular weight is 412 g/mol. The molecule has 0 spiro atoms. The summed E-state index contributed by atoms with van der Waals surface area (Å²) in [4.78, 5) is 19.7. The van der Waals surface area contributed by atoms with E-state index in [1.54, 1.807) is 30.2 Å². The van der Waals surface area contributed by atoms with Crippen LogP contribution in [0.15, 0.2) is 54.7 Å². The number of hydrogen-bond donors (Lipinski definition) is 1. The highest BCUT2D eigenvalue weighted by molar-refractivity contribution is 7.15. The summed E-state index contributed by atoms with van der Waals surface area (Å²) >= 11 is 1.40. The Labute approximate surface area is 173 Å². The Balaban J connectivity index is 1.36. The summed E-state index contributed by atoms with van der Waals surface area (Å²) in [5, 5.41) is 3.42. The van der Waals surface area contributed by atoms with Gasteiger partial charge < -0.3 is 9.64 Å². The molecule has 3 aromatic rings. The van der Waals surface area contributed by atoms with Crippen molar-refractivity contribution in [3.8, 4) is 0 Å². The molecule has 5 nitrogen and oxygen atoms in total. The SMILES string of the molecule is Cc1ccc(Cc2cnc(NC(=O)N3CCOC(c4ccccc4)C3)s2)cc1F. The second-order valence-electron chi connectivity index (χ2n) is 7.04. The summed E-state index contributed by atoms with van der Waals surface area (Å²) in [5.74, 6) is -0.208. The summed E-state index contributed by atoms with van der Waals surface area (Å²) < 4.78 is 19.6. The summed E-state index contributed by atoms with van der Waals surface area (Å²) in [6.07, 6.45) is 2.18. The number of nitrogens with zero attached hydrogens (tertiary/aromatic N) is 2. The molecule has 0 aliphatic carbocycles. The molecule has 0 radical (unpaired) electrons. The van der Waals surface area contributed by atoms with Crippen LogP contribution in [0.4, 0.5) is 14.3 Å². The maximum Gasteiger partial charge on any atom is 0.323 e. The van der Waals surface area contributed by atoms with Crippen LogP contribution < -0.4 is 5.32 Å². The fraction of sp³-hybridized carbons (Fsp3) is 0.273. The second kappa shape index (κ2) is 8.71. The molecule has 1 aromatic heterocycles. The number of carbonyl (C=O) groups is 1. The lowest BCUT2D eigenvalue weighted by atomic mass is 10.1. The van der Waals surface area contributed by atoms with Crippen LogP contribution in [0.2, 0.25) is 0 Å². The van der Waals surface area contributed by atoms with Gasteiger partial charge in [-0.15, -0.1) is 11.3 Å². The van der Waals surface area contributed by atoms with Crippen molar-refractivity contribution in [3.05, 3.63) is 82.1 Å². The third kappa shape index (κ3) is 4.81. The Kier molecular flexibility index (Phi) is 5.87. The smallest absolute Gasteiger partial charge is 0.323 e. The van der Waals surface area contributed by atoms with Crippen molar-refractivity contribution in [1.29, 1.82) is 0 Å². The number of morpholine rings is 1. The van der Waals surface area contributed by atoms with Gasteiger partial charge >= 0.3 is 6.03 Å². The van der Waals surface area contributed by atoms with Crippen LogP contribution in [0, 0.1) is 12.7 Å². The van der Waals surface area contributed by atoms with Crippen LogP contribution in [-0.4, -0.2) is 35.6 Å². The zero-order chi connectivity index (χ0) is 20.2. The average Bonchev–Trinajstić information content (AvgIpc) is 3.18. The number of thiazole rings is 1. The van der Waals surface area contributed by atoms with Crippen LogP contribution >= 0.6 is 11.3 Å². The van der Waals surface area contributed by atoms with Crippen molar-refractivity contribution < 1.29 is 13.9 Å². The highest BCUT2D eigenvalue weighted by atomic mass is 32.1. The largest absolute Gasteiger partial charge is 0.370 e. The molecular formula is C22H22FN3O2S. The van der Waals surface area contributed by atoms with Gasteiger partial charge in [-0.25, -0.2) is 14.2 Å². The minimum absolute atomic E-state index is 0.126. The molecular weight excluding hydrogens is 389 g/mol. The highest BCUT2D eigenvalue weighted by Gasteiger charge is 2.25. The third-order valence-electron chi connectivity index (χ3n) is 4.91. The number of urea groups is 1. The predicted octanol–water partition coefficient (Wildman–Crippen LogP) is 4.79. The van der Waals surface area contributed by atoms with E-state index in [9.17, 15) is 9.18 Å². The van der Waals surface area contributed by atoms with Gasteiger partial charge in [0.05, 0.1) is 13.2 Å². The van der Waals surface area contributed by atoms with Gasteiger partial charge in [-0.2, -0.15) is 0 Å². The Hall–Kier alpha value is -2.77. The van der Waals surface area contributed by atoms with E-state index in [0.717, 1.165) is 16.0 Å². The van der Waals surface area contributed by atoms with Crippen LogP contribution in [0.5, 0.6) is 0 Å². The standard InChI is InChI=1S/C22H22FN3O2S/c1-15-7-8-16(12-19(15)23)11-18-13-24-21(29-18)25-22(27)26-9-10-28-20(14-26)17-5-3-2-4-6-17/h2-8,12-13,20H,9-11,14H2,1H3,(H,24,25,27). The first-order valence-electron chi connectivity index (χ1n) is 9.51. The molecule has 150 valence electrons. The number of aromatic nitrogens is 1. The van der Waals surface area contributed by atoms with E-state index in [1.807, 2.05) is 36.4 Å². The predicted molar refractivity (Wildman–Crippen MR) is 112 cm³/mol. The Morgan fingerprint density at radius 1 is 1.31 bits per heavy atom. The van der Waals surface area contributed by atoms with E-state index in [4.69, 9.17) is 4.74 Å². The van der Waals surface area contributed by atoms with Gasteiger partial charge in [0.25, 0.3) is 0 Å². The molecule has 2 heterocycles. The number of aryl methyl sites for hydroxylation is 1. The molecule has 1 unspecified atom stereocenters. The van der Waals surface area contributed by atoms with E-state index in [2.05, 4.69) is 10.3 Å². The van der Waals surface area contributed by atoms with Gasteiger partial charge in [0.2, 0.25) is 0 Å². The van der Waals surface area contributed by atoms with Crippen molar-refractivity contribution in [1.82, 2.24) is 9.88 Å². The first-order valence-corrected chi connectivity index (χ1v) is 10.3. The normalized spacial score (nSPS) is 16.6. The molecule has 4 rings (SSSR count). The molecule has 7 heteroatoms. The van der Waals surface area contributed by atoms with E-state index < -0.39 is 0 Å². The molecule has 0 bridgehead atoms. The highest BCUT2D eigenvalue weighted by Crippen LogP contribution is 2.25. The van der Waals surface area contributed by atoms with Crippen molar-refractivity contribution in [2.75, 3.05) is 25.0 Å². The van der Waals surface area contributed by atoms with Gasteiger partial charge in [-0.3, -0.25) is 5.32 Å². The number of halogens is 1. The number of ether oxygens (including phenoxy) is 1. The minimum atomic E-state index is -0.208. The second-order valence-corrected chi connectivity index (χ2v) is 8.15. The number of benzene rings is 2. The van der Waals surface area contributed by atoms with E-state index in [0.29, 0.717) is 36.8 Å². The molecule has 2 amide bonds. The van der Waals surface area contributed by atoms with E-state index in [-0.39, 0.29) is 18.0 Å². The van der Waals surface area contributed by atoms with Gasteiger partial charge in [-0.1, -0.05) is 42.5 Å². The van der Waals surface area contributed by atoms with Crippen LogP contribution in [0.25, 0.3) is 0 Å². The van der Waals surface area contributed by atoms with Gasteiger partial charge in [0.15, 0.2) is 5.13 Å². The molecule has 29 heavy (non-hydrogen) atoms. The zero-order valence-corrected chi connectivity index (χ0v) is 16.9. The number of carbonyl (C=O) groups excluding carboxylic acids is 1. The maximum absolute atomic E-state index is 13.7. The van der Waals surface area contributed by atoms with E-state index >= 15 is 0 Å². The minimum Gasteiger partial charge on any atom is -0.370 e. The summed E-state index contributed by atoms with van der Waals surface area (Å²) in [6, 6.07) is 15.0. The molecule has 1 aliphatic rings. The number of rotatable bonds is 4. The van der Waals surface area contributed by atoms with Crippen molar-refractivity contribution in [2.45, 2.75) is 19.4 Å². The molecule has 1 atom stereocenters. The van der Waals surface area contributed by atoms with Gasteiger partial charge in [0.1, 0.15) is 11.9 Å². The Bertz CT molecular complexity index is 993. The lowest BCUT2D eigenvalue weighted by Crippen LogP contribution is -2.44. The quantitative estimate of drug-likeness (QED) is 0.672. The van der Waals surface area contributed by atoms with Crippen molar-refractivity contribution in [3.63, 3.8) is 0 Å². The third-order valence-corrected chi connectivity index (χ3v) is 5.82. The maximum atomic E-state index is 13.7. The van der Waals surface area contributed by atoms with Crippen molar-refractivity contribution in [2.24, 2.45) is 0 Å². The van der Waals surface area contributed by atoms with Gasteiger partial charge in [0, 0.05) is 24.0 Å². The molecule has 1 N–H and O–H groups in total. The number of nitrogens with one attached hydrogen (secondary N) is 1.